The summed E-state index contributed by atoms with van der Waals surface area (Å²) < 4.78 is 24.6. The smallest absolute Gasteiger partial charge is 0.380 e. The minimum Gasteiger partial charge on any atom is -0.480 e. The highest BCUT2D eigenvalue weighted by molar-refractivity contribution is 7.46. The molecule has 4 atom stereocenters. The molecular weight excluding hydrogens is 517 g/mol. The minimum absolute atomic E-state index is 0.194. The zero-order chi connectivity index (χ0) is 28.2. The molecule has 1 saturated heterocycles. The second-order valence-electron chi connectivity index (χ2n) is 11.2. The maximum atomic E-state index is 13.4. The van der Waals surface area contributed by atoms with Gasteiger partial charge >= 0.3 is 19.7 Å². The van der Waals surface area contributed by atoms with E-state index in [1.165, 1.54) is 16.9 Å². The third-order valence-electron chi connectivity index (χ3n) is 7.94. The average molecular weight is 563 g/mol. The molecule has 2 fully saturated rings. The van der Waals surface area contributed by atoms with Crippen molar-refractivity contribution in [2.75, 3.05) is 25.9 Å². The van der Waals surface area contributed by atoms with Gasteiger partial charge in [-0.3, -0.25) is 9.59 Å². The second kappa shape index (κ2) is 16.1. The van der Waals surface area contributed by atoms with Crippen LogP contribution in [-0.2, 0) is 34.8 Å². The van der Waals surface area contributed by atoms with Gasteiger partial charge < -0.3 is 19.5 Å². The number of likely N-dealkylation sites (tertiary alicyclic amines) is 1. The third-order valence-corrected chi connectivity index (χ3v) is 9.57. The fourth-order valence-electron chi connectivity index (χ4n) is 5.70. The highest BCUT2D eigenvalue weighted by Gasteiger charge is 2.45. The van der Waals surface area contributed by atoms with Gasteiger partial charge in [0.2, 0.25) is 6.16 Å². The molecule has 0 radical (unpaired) electrons. The zero-order valence-electron chi connectivity index (χ0n) is 23.5. The first-order valence-electron chi connectivity index (χ1n) is 14.5. The van der Waals surface area contributed by atoms with Gasteiger partial charge in [-0.1, -0.05) is 80.8 Å². The molecular formula is C30H45NO7P+. The first-order valence-corrected chi connectivity index (χ1v) is 16.1. The van der Waals surface area contributed by atoms with E-state index >= 15 is 0 Å². The molecule has 1 aromatic rings. The van der Waals surface area contributed by atoms with E-state index in [9.17, 15) is 24.1 Å². The number of carboxylic acids is 1. The van der Waals surface area contributed by atoms with Crippen molar-refractivity contribution in [2.24, 2.45) is 17.8 Å². The van der Waals surface area contributed by atoms with Gasteiger partial charge in [0.05, 0.1) is 19.1 Å². The van der Waals surface area contributed by atoms with Gasteiger partial charge in [-0.05, 0) is 36.7 Å². The van der Waals surface area contributed by atoms with E-state index in [-0.39, 0.29) is 43.1 Å². The van der Waals surface area contributed by atoms with Crippen LogP contribution in [0, 0.1) is 17.8 Å². The molecule has 9 heteroatoms. The lowest BCUT2D eigenvalue weighted by Gasteiger charge is -2.27. The number of nitrogens with zero attached hydrogens (tertiary/aromatic N) is 1. The summed E-state index contributed by atoms with van der Waals surface area (Å²) in [5.74, 6) is -1.77. The summed E-state index contributed by atoms with van der Waals surface area (Å²) in [5, 5.41) is 9.83. The van der Waals surface area contributed by atoms with Crippen molar-refractivity contribution >= 4 is 25.6 Å². The normalized spacial score (nSPS) is 21.1. The second-order valence-corrected chi connectivity index (χ2v) is 13.0. The van der Waals surface area contributed by atoms with Crippen molar-refractivity contribution < 1.29 is 33.5 Å². The number of carbonyl (C=O) groups is 3. The maximum Gasteiger partial charge on any atom is 0.380 e. The zero-order valence-corrected chi connectivity index (χ0v) is 24.4. The number of aliphatic carboxylic acids is 1. The summed E-state index contributed by atoms with van der Waals surface area (Å²) >= 11 is 0. The summed E-state index contributed by atoms with van der Waals surface area (Å²) in [4.78, 5) is 38.4. The lowest BCUT2D eigenvalue weighted by Crippen LogP contribution is -2.41. The first-order chi connectivity index (χ1) is 18.8. The van der Waals surface area contributed by atoms with Crippen molar-refractivity contribution in [1.82, 2.24) is 4.90 Å². The molecule has 1 amide bonds. The summed E-state index contributed by atoms with van der Waals surface area (Å²) in [6, 6.07) is 9.18. The number of amides is 1. The standard InChI is InChI=1S/C30H44NO7P/c1-22(2)30(35)38-18-10-17-37-28(16-9-13-23-11-5-3-6-12-23)39(36)21-27(32)31-20-25(19-26(31)29(33)34)24-14-7-4-8-15-24/h3,5-6,11-12,22,24-26,28H,4,7-10,13-21H2,1-2H3/p+1/t25-,26+,28-/m0/s1. The molecule has 8 nitrogen and oxygen atoms in total. The van der Waals surface area contributed by atoms with Gasteiger partial charge in [0.15, 0.2) is 0 Å². The Morgan fingerprint density at radius 2 is 1.74 bits per heavy atom. The van der Waals surface area contributed by atoms with Crippen LogP contribution in [0.1, 0.15) is 77.2 Å². The topological polar surface area (TPSA) is 110 Å². The molecule has 0 bridgehead atoms. The summed E-state index contributed by atoms with van der Waals surface area (Å²) in [6.45, 7) is 4.47. The largest absolute Gasteiger partial charge is 0.480 e. The lowest BCUT2D eigenvalue weighted by atomic mass is 9.79. The number of hydrogen-bond donors (Lipinski definition) is 1. The number of carbonyl (C=O) groups excluding carboxylic acids is 2. The van der Waals surface area contributed by atoms with E-state index in [2.05, 4.69) is 0 Å². The minimum atomic E-state index is -2.05. The van der Waals surface area contributed by atoms with Crippen LogP contribution in [-0.4, -0.2) is 65.7 Å². The Hall–Kier alpha value is -2.31. The Kier molecular flexibility index (Phi) is 12.9. The molecule has 0 aromatic heterocycles. The van der Waals surface area contributed by atoms with Crippen LogP contribution >= 0.6 is 7.80 Å². The number of aryl methyl sites for hydroxylation is 1. The van der Waals surface area contributed by atoms with Crippen LogP contribution in [0.4, 0.5) is 0 Å². The van der Waals surface area contributed by atoms with E-state index in [1.807, 2.05) is 30.3 Å². The molecule has 1 saturated carbocycles. The molecule has 216 valence electrons. The van der Waals surface area contributed by atoms with Gasteiger partial charge in [0.25, 0.3) is 11.8 Å². The lowest BCUT2D eigenvalue weighted by molar-refractivity contribution is -0.147. The molecule has 1 aliphatic heterocycles. The number of benzene rings is 1. The van der Waals surface area contributed by atoms with Crippen molar-refractivity contribution in [3.8, 4) is 0 Å². The highest BCUT2D eigenvalue weighted by atomic mass is 31.1. The van der Waals surface area contributed by atoms with E-state index in [0.29, 0.717) is 31.7 Å². The molecule has 1 N–H and O–H groups in total. The maximum absolute atomic E-state index is 13.4. The van der Waals surface area contributed by atoms with Gasteiger partial charge in [-0.2, -0.15) is 0 Å². The Bertz CT molecular complexity index is 948. The number of rotatable bonds is 15. The first kappa shape index (κ1) is 31.2. The highest BCUT2D eigenvalue weighted by Crippen LogP contribution is 2.39. The quantitative estimate of drug-likeness (QED) is 0.167. The molecule has 1 unspecified atom stereocenters. The van der Waals surface area contributed by atoms with Crippen molar-refractivity contribution in [3.05, 3.63) is 35.9 Å². The van der Waals surface area contributed by atoms with Crippen LogP contribution in [0.25, 0.3) is 0 Å². The molecule has 2 aliphatic rings. The predicted molar refractivity (Wildman–Crippen MR) is 150 cm³/mol. The summed E-state index contributed by atoms with van der Waals surface area (Å²) in [5.41, 5.74) is 1.18. The van der Waals surface area contributed by atoms with Gasteiger partial charge in [0.1, 0.15) is 6.04 Å². The van der Waals surface area contributed by atoms with Gasteiger partial charge in [-0.25, -0.2) is 4.79 Å². The van der Waals surface area contributed by atoms with Crippen LogP contribution in [0.5, 0.6) is 0 Å². The molecule has 1 aliphatic carbocycles. The van der Waals surface area contributed by atoms with Crippen molar-refractivity contribution in [3.63, 3.8) is 0 Å². The number of carboxylic acid groups (broad SMARTS) is 1. The number of ether oxygens (including phenoxy) is 2. The van der Waals surface area contributed by atoms with Gasteiger partial charge in [0, 0.05) is 19.4 Å². The Balaban J connectivity index is 1.56. The Morgan fingerprint density at radius 3 is 2.41 bits per heavy atom. The summed E-state index contributed by atoms with van der Waals surface area (Å²) in [6.07, 6.45) is 8.56. The fourth-order valence-corrected chi connectivity index (χ4v) is 7.10. The summed E-state index contributed by atoms with van der Waals surface area (Å²) in [7, 11) is -2.05. The molecule has 3 rings (SSSR count). The average Bonchev–Trinajstić information content (AvgIpc) is 3.39. The molecule has 0 spiro atoms. The van der Waals surface area contributed by atoms with Gasteiger partial charge in [-0.15, -0.1) is 0 Å². The number of hydrogen-bond acceptors (Lipinski definition) is 6. The predicted octanol–water partition coefficient (Wildman–Crippen LogP) is 5.65. The van der Waals surface area contributed by atoms with E-state index in [0.717, 1.165) is 38.5 Å². The van der Waals surface area contributed by atoms with E-state index in [1.54, 1.807) is 13.8 Å². The Labute approximate surface area is 233 Å². The number of esters is 1. The molecule has 1 heterocycles. The van der Waals surface area contributed by atoms with Crippen LogP contribution < -0.4 is 0 Å². The van der Waals surface area contributed by atoms with Crippen molar-refractivity contribution in [1.29, 1.82) is 0 Å². The van der Waals surface area contributed by atoms with Crippen LogP contribution in [0.2, 0.25) is 0 Å². The van der Waals surface area contributed by atoms with Crippen LogP contribution in [0.15, 0.2) is 30.3 Å². The Morgan fingerprint density at radius 1 is 1.03 bits per heavy atom. The van der Waals surface area contributed by atoms with E-state index in [4.69, 9.17) is 9.47 Å². The fraction of sp³-hybridized carbons (Fsp3) is 0.700. The molecule has 1 aromatic carbocycles. The monoisotopic (exact) mass is 562 g/mol. The SMILES string of the molecule is CC(C)C(=O)OCCCO[C@H](CCCc1ccccc1)[P+](=O)CC(=O)N1C[C@@H](C2CCCCC2)C[C@@H]1C(=O)O. The van der Waals surface area contributed by atoms with Crippen LogP contribution in [0.3, 0.4) is 0 Å². The van der Waals surface area contributed by atoms with E-state index < -0.39 is 25.7 Å². The van der Waals surface area contributed by atoms with Crippen molar-refractivity contribution in [2.45, 2.75) is 89.9 Å². The molecule has 39 heavy (non-hydrogen) atoms. The third kappa shape index (κ3) is 9.99.